The number of rotatable bonds is 6. The van der Waals surface area contributed by atoms with Crippen LogP contribution in [0, 0.1) is 5.92 Å². The van der Waals surface area contributed by atoms with E-state index >= 15 is 0 Å². The Labute approximate surface area is 116 Å². The zero-order valence-corrected chi connectivity index (χ0v) is 12.2. The molecule has 2 heteroatoms. The lowest BCUT2D eigenvalue weighted by atomic mass is 9.97. The van der Waals surface area contributed by atoms with Crippen LogP contribution in [0.1, 0.15) is 45.2 Å². The van der Waals surface area contributed by atoms with E-state index in [1.165, 1.54) is 10.9 Å². The first-order valence-corrected chi connectivity index (χ1v) is 7.28. The summed E-state index contributed by atoms with van der Waals surface area (Å²) in [6, 6.07) is 11.0. The number of nitrogens with one attached hydrogen (secondary N) is 1. The molecule has 1 unspecified atom stereocenters. The zero-order chi connectivity index (χ0) is 13.7. The average Bonchev–Trinajstić information content (AvgIpc) is 2.42. The Morgan fingerprint density at radius 2 is 2.00 bits per heavy atom. The van der Waals surface area contributed by atoms with Gasteiger partial charge in [0.05, 0.1) is 5.52 Å². The van der Waals surface area contributed by atoms with Crippen molar-refractivity contribution in [2.75, 3.05) is 6.54 Å². The van der Waals surface area contributed by atoms with Crippen molar-refractivity contribution < 1.29 is 0 Å². The van der Waals surface area contributed by atoms with Gasteiger partial charge < -0.3 is 5.32 Å². The van der Waals surface area contributed by atoms with Gasteiger partial charge in [-0.15, -0.1) is 0 Å². The minimum atomic E-state index is 0.414. The molecular formula is C17H24N2. The van der Waals surface area contributed by atoms with Crippen LogP contribution in [-0.2, 0) is 0 Å². The van der Waals surface area contributed by atoms with Crippen molar-refractivity contribution in [1.82, 2.24) is 10.3 Å². The molecule has 0 radical (unpaired) electrons. The molecule has 1 N–H and O–H groups in total. The molecule has 2 aromatic rings. The summed E-state index contributed by atoms with van der Waals surface area (Å²) in [5, 5.41) is 4.87. The highest BCUT2D eigenvalue weighted by molar-refractivity contribution is 5.78. The van der Waals surface area contributed by atoms with E-state index in [0.717, 1.165) is 24.9 Å². The molecule has 19 heavy (non-hydrogen) atoms. The predicted molar refractivity (Wildman–Crippen MR) is 82.2 cm³/mol. The number of hydrogen-bond donors (Lipinski definition) is 1. The highest BCUT2D eigenvalue weighted by Gasteiger charge is 2.13. The standard InChI is InChI=1S/C17H24N2/c1-4-9-18-17(10-13(2)3)15-11-14-7-5-6-8-16(14)19-12-15/h5-8,11-13,17-18H,4,9-10H2,1-3H3. The van der Waals surface area contributed by atoms with Crippen LogP contribution in [-0.4, -0.2) is 11.5 Å². The highest BCUT2D eigenvalue weighted by Crippen LogP contribution is 2.23. The van der Waals surface area contributed by atoms with E-state index in [-0.39, 0.29) is 0 Å². The summed E-state index contributed by atoms with van der Waals surface area (Å²) in [6.07, 6.45) is 4.34. The molecule has 0 aliphatic rings. The highest BCUT2D eigenvalue weighted by atomic mass is 14.9. The van der Waals surface area contributed by atoms with Gasteiger partial charge in [0.1, 0.15) is 0 Å². The minimum Gasteiger partial charge on any atom is -0.310 e. The van der Waals surface area contributed by atoms with Gasteiger partial charge in [0.25, 0.3) is 0 Å². The van der Waals surface area contributed by atoms with Crippen LogP contribution in [0.5, 0.6) is 0 Å². The Morgan fingerprint density at radius 3 is 2.74 bits per heavy atom. The van der Waals surface area contributed by atoms with E-state index in [4.69, 9.17) is 0 Å². The Kier molecular flexibility index (Phi) is 4.92. The van der Waals surface area contributed by atoms with Crippen molar-refractivity contribution in [2.24, 2.45) is 5.92 Å². The maximum atomic E-state index is 4.58. The van der Waals surface area contributed by atoms with Gasteiger partial charge in [0.2, 0.25) is 0 Å². The first-order chi connectivity index (χ1) is 9.20. The Balaban J connectivity index is 2.26. The van der Waals surface area contributed by atoms with Gasteiger partial charge >= 0.3 is 0 Å². The average molecular weight is 256 g/mol. The summed E-state index contributed by atoms with van der Waals surface area (Å²) >= 11 is 0. The van der Waals surface area contributed by atoms with Crippen molar-refractivity contribution in [1.29, 1.82) is 0 Å². The van der Waals surface area contributed by atoms with Gasteiger partial charge in [-0.05, 0) is 43.0 Å². The Bertz CT molecular complexity index is 519. The fraction of sp³-hybridized carbons (Fsp3) is 0.471. The molecule has 2 rings (SSSR count). The third kappa shape index (κ3) is 3.77. The normalized spacial score (nSPS) is 13.1. The van der Waals surface area contributed by atoms with Crippen LogP contribution >= 0.6 is 0 Å². The molecule has 2 nitrogen and oxygen atoms in total. The Hall–Kier alpha value is -1.41. The lowest BCUT2D eigenvalue weighted by molar-refractivity contribution is 0.430. The number of aromatic nitrogens is 1. The molecule has 1 atom stereocenters. The maximum absolute atomic E-state index is 4.58. The van der Waals surface area contributed by atoms with Gasteiger partial charge in [-0.3, -0.25) is 4.98 Å². The number of pyridine rings is 1. The minimum absolute atomic E-state index is 0.414. The molecule has 0 fully saturated rings. The van der Waals surface area contributed by atoms with Gasteiger partial charge in [-0.1, -0.05) is 39.0 Å². The fourth-order valence-electron chi connectivity index (χ4n) is 2.41. The van der Waals surface area contributed by atoms with Gasteiger partial charge in [-0.2, -0.15) is 0 Å². The number of nitrogens with zero attached hydrogens (tertiary/aromatic N) is 1. The third-order valence-corrected chi connectivity index (χ3v) is 3.36. The van der Waals surface area contributed by atoms with Crippen molar-refractivity contribution in [2.45, 2.75) is 39.7 Å². The molecule has 0 bridgehead atoms. The quantitative estimate of drug-likeness (QED) is 0.832. The summed E-state index contributed by atoms with van der Waals surface area (Å²) in [5.74, 6) is 0.681. The summed E-state index contributed by atoms with van der Waals surface area (Å²) in [5.41, 5.74) is 2.38. The first-order valence-electron chi connectivity index (χ1n) is 7.28. The molecule has 0 aliphatic heterocycles. The second kappa shape index (κ2) is 6.67. The molecule has 1 aromatic heterocycles. The van der Waals surface area contributed by atoms with Crippen LogP contribution in [0.2, 0.25) is 0 Å². The zero-order valence-electron chi connectivity index (χ0n) is 12.2. The van der Waals surface area contributed by atoms with Crippen LogP contribution in [0.15, 0.2) is 36.5 Å². The first kappa shape index (κ1) is 14.0. The molecule has 1 heterocycles. The van der Waals surface area contributed by atoms with Crippen LogP contribution in [0.25, 0.3) is 10.9 Å². The Morgan fingerprint density at radius 1 is 1.21 bits per heavy atom. The van der Waals surface area contributed by atoms with E-state index in [1.807, 2.05) is 12.3 Å². The summed E-state index contributed by atoms with van der Waals surface area (Å²) < 4.78 is 0. The van der Waals surface area contributed by atoms with Crippen molar-refractivity contribution >= 4 is 10.9 Å². The number of para-hydroxylation sites is 1. The lowest BCUT2D eigenvalue weighted by Gasteiger charge is -2.21. The molecule has 0 aliphatic carbocycles. The van der Waals surface area contributed by atoms with Gasteiger partial charge in [-0.25, -0.2) is 0 Å². The second-order valence-corrected chi connectivity index (χ2v) is 5.60. The second-order valence-electron chi connectivity index (χ2n) is 5.60. The summed E-state index contributed by atoms with van der Waals surface area (Å²) in [7, 11) is 0. The van der Waals surface area contributed by atoms with Crippen molar-refractivity contribution in [3.8, 4) is 0 Å². The largest absolute Gasteiger partial charge is 0.310 e. The molecule has 0 saturated heterocycles. The van der Waals surface area contributed by atoms with Crippen LogP contribution < -0.4 is 5.32 Å². The number of fused-ring (bicyclic) bond motifs is 1. The fourth-order valence-corrected chi connectivity index (χ4v) is 2.41. The van der Waals surface area contributed by atoms with Crippen molar-refractivity contribution in [3.63, 3.8) is 0 Å². The van der Waals surface area contributed by atoms with Gasteiger partial charge in [0, 0.05) is 17.6 Å². The van der Waals surface area contributed by atoms with E-state index in [0.29, 0.717) is 12.0 Å². The monoisotopic (exact) mass is 256 g/mol. The topological polar surface area (TPSA) is 24.9 Å². The summed E-state index contributed by atoms with van der Waals surface area (Å²) in [6.45, 7) is 7.81. The van der Waals surface area contributed by atoms with E-state index in [2.05, 4.69) is 55.3 Å². The maximum Gasteiger partial charge on any atom is 0.0702 e. The van der Waals surface area contributed by atoms with Gasteiger partial charge in [0.15, 0.2) is 0 Å². The van der Waals surface area contributed by atoms with Crippen LogP contribution in [0.4, 0.5) is 0 Å². The van der Waals surface area contributed by atoms with Crippen LogP contribution in [0.3, 0.4) is 0 Å². The molecule has 0 amide bonds. The SMILES string of the molecule is CCCNC(CC(C)C)c1cnc2ccccc2c1. The predicted octanol–water partition coefficient (Wildman–Crippen LogP) is 4.32. The number of hydrogen-bond acceptors (Lipinski definition) is 2. The molecule has 0 saturated carbocycles. The summed E-state index contributed by atoms with van der Waals surface area (Å²) in [4.78, 5) is 4.58. The molecule has 1 aromatic carbocycles. The third-order valence-electron chi connectivity index (χ3n) is 3.36. The van der Waals surface area contributed by atoms with E-state index in [9.17, 15) is 0 Å². The lowest BCUT2D eigenvalue weighted by Crippen LogP contribution is -2.23. The molecule has 0 spiro atoms. The number of benzene rings is 1. The molecular weight excluding hydrogens is 232 g/mol. The van der Waals surface area contributed by atoms with E-state index in [1.54, 1.807) is 0 Å². The smallest absolute Gasteiger partial charge is 0.0702 e. The van der Waals surface area contributed by atoms with Crippen molar-refractivity contribution in [3.05, 3.63) is 42.1 Å². The molecule has 102 valence electrons. The van der Waals surface area contributed by atoms with E-state index < -0.39 is 0 Å².